The minimum atomic E-state index is -0.166. The van der Waals surface area contributed by atoms with Gasteiger partial charge >= 0.3 is 0 Å². The number of alkyl halides is 3. The molecule has 0 N–H and O–H groups in total. The van der Waals surface area contributed by atoms with Crippen LogP contribution in [0.15, 0.2) is 72.8 Å². The van der Waals surface area contributed by atoms with Crippen LogP contribution >= 0.6 is 34.8 Å². The topological polar surface area (TPSA) is 51.2 Å². The summed E-state index contributed by atoms with van der Waals surface area (Å²) in [5, 5.41) is 0. The summed E-state index contributed by atoms with van der Waals surface area (Å²) in [6, 6.07) is 21.9. The van der Waals surface area contributed by atoms with Gasteiger partial charge in [0, 0.05) is 22.6 Å². The van der Waals surface area contributed by atoms with E-state index in [-0.39, 0.29) is 40.9 Å². The van der Waals surface area contributed by atoms with Crippen LogP contribution < -0.4 is 0 Å². The number of carbonyl (C=O) groups is 3. The monoisotopic (exact) mass is 472 g/mol. The Morgan fingerprint density at radius 1 is 0.484 bits per heavy atom. The minimum absolute atomic E-state index is 0.0745. The van der Waals surface area contributed by atoms with Gasteiger partial charge in [0.25, 0.3) is 0 Å². The number of rotatable bonds is 9. The minimum Gasteiger partial charge on any atom is -0.293 e. The zero-order valence-electron chi connectivity index (χ0n) is 16.5. The van der Waals surface area contributed by atoms with Crippen molar-refractivity contribution in [3.8, 4) is 0 Å². The zero-order chi connectivity index (χ0) is 22.4. The zero-order valence-corrected chi connectivity index (χ0v) is 18.8. The maximum absolute atomic E-state index is 11.9. The molecule has 0 bridgehead atoms. The number of halogens is 3. The van der Waals surface area contributed by atoms with Gasteiger partial charge in [0.15, 0.2) is 17.3 Å². The second-order valence-corrected chi connectivity index (χ2v) is 7.77. The number of benzene rings is 3. The van der Waals surface area contributed by atoms with Crippen LogP contribution in [0, 0.1) is 0 Å². The van der Waals surface area contributed by atoms with Gasteiger partial charge in [-0.05, 0) is 16.7 Å². The predicted octanol–water partition coefficient (Wildman–Crippen LogP) is 6.13. The summed E-state index contributed by atoms with van der Waals surface area (Å²) in [7, 11) is 0. The summed E-state index contributed by atoms with van der Waals surface area (Å²) in [5.41, 5.74) is 4.51. The summed E-state index contributed by atoms with van der Waals surface area (Å²) < 4.78 is 0. The number of carbonyl (C=O) groups excluding carboxylic acids is 3. The maximum atomic E-state index is 11.9. The standard InChI is InChI=1S/C25H19Cl3O3/c26-13-22(29)16-1-7-19(8-2-16)25(20-9-3-17(4-10-20)23(30)14-27)21-11-5-18(6-12-21)24(31)15-28/h1-12,25H,13-15H2. The van der Waals surface area contributed by atoms with Crippen molar-refractivity contribution in [3.63, 3.8) is 0 Å². The van der Waals surface area contributed by atoms with E-state index < -0.39 is 0 Å². The van der Waals surface area contributed by atoms with Crippen molar-refractivity contribution in [3.05, 3.63) is 106 Å². The highest BCUT2D eigenvalue weighted by Crippen LogP contribution is 2.33. The molecule has 0 aliphatic rings. The first-order valence-electron chi connectivity index (χ1n) is 9.55. The van der Waals surface area contributed by atoms with Gasteiger partial charge in [-0.15, -0.1) is 34.8 Å². The Balaban J connectivity index is 2.04. The fraction of sp³-hybridized carbons (Fsp3) is 0.160. The smallest absolute Gasteiger partial charge is 0.177 e. The van der Waals surface area contributed by atoms with E-state index in [9.17, 15) is 14.4 Å². The van der Waals surface area contributed by atoms with Gasteiger partial charge in [-0.1, -0.05) is 72.8 Å². The molecule has 0 radical (unpaired) electrons. The predicted molar refractivity (Wildman–Crippen MR) is 125 cm³/mol. The van der Waals surface area contributed by atoms with Crippen LogP contribution in [0.25, 0.3) is 0 Å². The molecule has 31 heavy (non-hydrogen) atoms. The average Bonchev–Trinajstić information content (AvgIpc) is 2.84. The molecule has 158 valence electrons. The van der Waals surface area contributed by atoms with Crippen molar-refractivity contribution in [2.24, 2.45) is 0 Å². The van der Waals surface area contributed by atoms with Crippen molar-refractivity contribution in [2.75, 3.05) is 17.6 Å². The summed E-state index contributed by atoms with van der Waals surface area (Å²) >= 11 is 17.0. The Morgan fingerprint density at radius 3 is 0.903 bits per heavy atom. The molecule has 0 saturated carbocycles. The highest BCUT2D eigenvalue weighted by molar-refractivity contribution is 6.31. The highest BCUT2D eigenvalue weighted by atomic mass is 35.5. The lowest BCUT2D eigenvalue weighted by molar-refractivity contribution is 0.101. The fourth-order valence-electron chi connectivity index (χ4n) is 3.39. The number of hydrogen-bond acceptors (Lipinski definition) is 3. The normalized spacial score (nSPS) is 10.8. The molecule has 0 aliphatic carbocycles. The number of Topliss-reactive ketones (excluding diaryl/α,β-unsaturated/α-hetero) is 3. The second kappa shape index (κ2) is 10.7. The van der Waals surface area contributed by atoms with Crippen molar-refractivity contribution < 1.29 is 14.4 Å². The molecule has 0 unspecified atom stereocenters. The van der Waals surface area contributed by atoms with Gasteiger partial charge in [0.2, 0.25) is 0 Å². The molecule has 3 aromatic carbocycles. The molecule has 3 aromatic rings. The van der Waals surface area contributed by atoms with E-state index in [1.165, 1.54) is 0 Å². The van der Waals surface area contributed by atoms with Gasteiger partial charge in [0.1, 0.15) is 0 Å². The largest absolute Gasteiger partial charge is 0.293 e. The van der Waals surface area contributed by atoms with E-state index in [2.05, 4.69) is 0 Å². The van der Waals surface area contributed by atoms with Gasteiger partial charge in [-0.3, -0.25) is 14.4 Å². The molecule has 0 fully saturated rings. The van der Waals surface area contributed by atoms with Gasteiger partial charge < -0.3 is 0 Å². The Morgan fingerprint density at radius 2 is 0.710 bits per heavy atom. The Bertz CT molecular complexity index is 931. The van der Waals surface area contributed by atoms with Crippen LogP contribution in [0.4, 0.5) is 0 Å². The summed E-state index contributed by atoms with van der Waals surface area (Å²) in [5.74, 6) is -0.813. The van der Waals surface area contributed by atoms with Crippen LogP contribution in [-0.2, 0) is 0 Å². The average molecular weight is 474 g/mol. The molecular weight excluding hydrogens is 455 g/mol. The van der Waals surface area contributed by atoms with Crippen LogP contribution in [0.5, 0.6) is 0 Å². The Labute approximate surface area is 195 Å². The molecule has 0 atom stereocenters. The van der Waals surface area contributed by atoms with E-state index in [0.717, 1.165) is 16.7 Å². The molecule has 0 heterocycles. The third-order valence-corrected chi connectivity index (χ3v) is 5.79. The Hall–Kier alpha value is -2.46. The SMILES string of the molecule is O=C(CCl)c1ccc(C(c2ccc(C(=O)CCl)cc2)c2ccc(C(=O)CCl)cc2)cc1. The maximum Gasteiger partial charge on any atom is 0.177 e. The quantitative estimate of drug-likeness (QED) is 0.213. The highest BCUT2D eigenvalue weighted by Gasteiger charge is 2.19. The van der Waals surface area contributed by atoms with E-state index in [1.54, 1.807) is 36.4 Å². The fourth-order valence-corrected chi connectivity index (χ4v) is 3.86. The van der Waals surface area contributed by atoms with Crippen molar-refractivity contribution >= 4 is 52.2 Å². The lowest BCUT2D eigenvalue weighted by atomic mass is 9.84. The van der Waals surface area contributed by atoms with Crippen LogP contribution in [0.2, 0.25) is 0 Å². The molecular formula is C25H19Cl3O3. The molecule has 0 saturated heterocycles. The summed E-state index contributed by atoms with van der Waals surface area (Å²) in [4.78, 5) is 35.6. The van der Waals surface area contributed by atoms with E-state index in [1.807, 2.05) is 36.4 Å². The van der Waals surface area contributed by atoms with Crippen LogP contribution in [0.1, 0.15) is 53.7 Å². The lowest BCUT2D eigenvalue weighted by Gasteiger charge is -2.20. The lowest BCUT2D eigenvalue weighted by Crippen LogP contribution is -2.07. The van der Waals surface area contributed by atoms with Crippen molar-refractivity contribution in [2.45, 2.75) is 5.92 Å². The second-order valence-electron chi connectivity index (χ2n) is 6.97. The van der Waals surface area contributed by atoms with E-state index >= 15 is 0 Å². The summed E-state index contributed by atoms with van der Waals surface area (Å²) in [6.45, 7) is 0. The van der Waals surface area contributed by atoms with Crippen LogP contribution in [0.3, 0.4) is 0 Å². The van der Waals surface area contributed by atoms with Gasteiger partial charge in [-0.25, -0.2) is 0 Å². The third kappa shape index (κ3) is 5.43. The van der Waals surface area contributed by atoms with E-state index in [0.29, 0.717) is 16.7 Å². The molecule has 0 aromatic heterocycles. The molecule has 0 spiro atoms. The third-order valence-electron chi connectivity index (χ3n) is 5.06. The number of ketones is 3. The number of hydrogen-bond donors (Lipinski definition) is 0. The van der Waals surface area contributed by atoms with Gasteiger partial charge in [-0.2, -0.15) is 0 Å². The first kappa shape index (κ1) is 23.2. The Kier molecular flexibility index (Phi) is 8.03. The molecule has 3 nitrogen and oxygen atoms in total. The van der Waals surface area contributed by atoms with Crippen molar-refractivity contribution in [1.29, 1.82) is 0 Å². The van der Waals surface area contributed by atoms with Crippen LogP contribution in [-0.4, -0.2) is 35.0 Å². The molecule has 0 amide bonds. The first-order chi connectivity index (χ1) is 15.0. The van der Waals surface area contributed by atoms with Gasteiger partial charge in [0.05, 0.1) is 17.6 Å². The molecule has 0 aliphatic heterocycles. The van der Waals surface area contributed by atoms with E-state index in [4.69, 9.17) is 34.8 Å². The first-order valence-corrected chi connectivity index (χ1v) is 11.2. The van der Waals surface area contributed by atoms with Crippen molar-refractivity contribution in [1.82, 2.24) is 0 Å². The summed E-state index contributed by atoms with van der Waals surface area (Å²) in [6.07, 6.45) is 0. The molecule has 3 rings (SSSR count). The molecule has 6 heteroatoms.